The molecule has 3 rings (SSSR count). The Hall–Kier alpha value is -2.89. The summed E-state index contributed by atoms with van der Waals surface area (Å²) in [6.45, 7) is 3.33. The summed E-state index contributed by atoms with van der Waals surface area (Å²) >= 11 is 0. The zero-order chi connectivity index (χ0) is 17.8. The highest BCUT2D eigenvalue weighted by molar-refractivity contribution is 5.84. The average molecular weight is 340 g/mol. The normalized spacial score (nSPS) is 15.8. The number of ether oxygens (including phenoxy) is 1. The lowest BCUT2D eigenvalue weighted by Gasteiger charge is -2.30. The largest absolute Gasteiger partial charge is 0.493 e. The smallest absolute Gasteiger partial charge is 0.269 e. The molecule has 0 saturated carbocycles. The van der Waals surface area contributed by atoms with Gasteiger partial charge in [0, 0.05) is 30.8 Å². The summed E-state index contributed by atoms with van der Waals surface area (Å²) in [6.07, 6.45) is 0.640. The van der Waals surface area contributed by atoms with Crippen LogP contribution in [-0.4, -0.2) is 28.9 Å². The topological polar surface area (TPSA) is 72.7 Å². The Kier molecular flexibility index (Phi) is 4.97. The second-order valence-corrected chi connectivity index (χ2v) is 6.01. The zero-order valence-corrected chi connectivity index (χ0v) is 14.1. The average Bonchev–Trinajstić information content (AvgIpc) is 2.65. The van der Waals surface area contributed by atoms with Crippen molar-refractivity contribution >= 4 is 11.6 Å². The van der Waals surface area contributed by atoms with Gasteiger partial charge in [-0.25, -0.2) is 0 Å². The predicted octanol–water partition coefficient (Wildman–Crippen LogP) is 3.51. The van der Waals surface area contributed by atoms with Crippen LogP contribution < -0.4 is 4.74 Å². The molecule has 1 heterocycles. The third-order valence-electron chi connectivity index (χ3n) is 4.44. The number of hydrogen-bond acceptors (Lipinski definition) is 4. The van der Waals surface area contributed by atoms with Crippen LogP contribution in [0.3, 0.4) is 0 Å². The number of amides is 1. The van der Waals surface area contributed by atoms with Crippen molar-refractivity contribution in [3.63, 3.8) is 0 Å². The van der Waals surface area contributed by atoms with Crippen LogP contribution in [0.5, 0.6) is 5.75 Å². The molecule has 0 aliphatic carbocycles. The van der Waals surface area contributed by atoms with Crippen molar-refractivity contribution in [1.29, 1.82) is 0 Å². The van der Waals surface area contributed by atoms with E-state index in [0.717, 1.165) is 16.9 Å². The summed E-state index contributed by atoms with van der Waals surface area (Å²) in [5, 5.41) is 10.9. The molecule has 6 nitrogen and oxygen atoms in total. The molecule has 1 aliphatic rings. The predicted molar refractivity (Wildman–Crippen MR) is 93.5 cm³/mol. The van der Waals surface area contributed by atoms with Crippen LogP contribution >= 0.6 is 0 Å². The van der Waals surface area contributed by atoms with Gasteiger partial charge >= 0.3 is 0 Å². The summed E-state index contributed by atoms with van der Waals surface area (Å²) in [5.74, 6) is 0.562. The summed E-state index contributed by atoms with van der Waals surface area (Å²) in [6, 6.07) is 14.0. The molecule has 6 heteroatoms. The van der Waals surface area contributed by atoms with Crippen LogP contribution in [0, 0.1) is 10.1 Å². The zero-order valence-electron chi connectivity index (χ0n) is 14.1. The first-order chi connectivity index (χ1) is 12.1. The van der Waals surface area contributed by atoms with Gasteiger partial charge in [-0.2, -0.15) is 0 Å². The number of non-ortho nitro benzene ring substituents is 1. The fraction of sp³-hybridized carbons (Fsp3) is 0.316. The summed E-state index contributed by atoms with van der Waals surface area (Å²) in [5.41, 5.74) is 1.71. The Balaban J connectivity index is 1.81. The molecule has 1 atom stereocenters. The number of nitro benzene ring substituents is 1. The van der Waals surface area contributed by atoms with Crippen LogP contribution in [0.1, 0.15) is 30.4 Å². The third kappa shape index (κ3) is 3.63. The number of carbonyl (C=O) groups is 1. The SMILES string of the molecule is CCN(Cc1cccc([N+](=O)[O-])c1)C(=O)[C@H]1CCOc2ccccc21. The van der Waals surface area contributed by atoms with E-state index in [1.54, 1.807) is 17.0 Å². The van der Waals surface area contributed by atoms with Gasteiger partial charge in [0.05, 0.1) is 17.4 Å². The van der Waals surface area contributed by atoms with Gasteiger partial charge in [0.15, 0.2) is 0 Å². The molecule has 0 spiro atoms. The number of carbonyl (C=O) groups excluding carboxylic acids is 1. The third-order valence-corrected chi connectivity index (χ3v) is 4.44. The van der Waals surface area contributed by atoms with Gasteiger partial charge in [-0.3, -0.25) is 14.9 Å². The Morgan fingerprint density at radius 3 is 2.84 bits per heavy atom. The summed E-state index contributed by atoms with van der Waals surface area (Å²) < 4.78 is 5.63. The van der Waals surface area contributed by atoms with E-state index in [1.807, 2.05) is 31.2 Å². The van der Waals surface area contributed by atoms with E-state index in [2.05, 4.69) is 0 Å². The van der Waals surface area contributed by atoms with Crippen LogP contribution in [-0.2, 0) is 11.3 Å². The Morgan fingerprint density at radius 2 is 2.08 bits per heavy atom. The van der Waals surface area contributed by atoms with Crippen LogP contribution in [0.15, 0.2) is 48.5 Å². The van der Waals surface area contributed by atoms with E-state index < -0.39 is 4.92 Å². The molecule has 2 aromatic rings. The molecule has 0 N–H and O–H groups in total. The second kappa shape index (κ2) is 7.34. The molecule has 1 aliphatic heterocycles. The van der Waals surface area contributed by atoms with E-state index in [0.29, 0.717) is 26.1 Å². The number of nitro groups is 1. The van der Waals surface area contributed by atoms with Gasteiger partial charge in [0.1, 0.15) is 5.75 Å². The van der Waals surface area contributed by atoms with Gasteiger partial charge in [0.25, 0.3) is 5.69 Å². The van der Waals surface area contributed by atoms with Gasteiger partial charge < -0.3 is 9.64 Å². The van der Waals surface area contributed by atoms with E-state index >= 15 is 0 Å². The number of fused-ring (bicyclic) bond motifs is 1. The van der Waals surface area contributed by atoms with Crippen LogP contribution in [0.25, 0.3) is 0 Å². The number of benzene rings is 2. The van der Waals surface area contributed by atoms with Crippen LogP contribution in [0.4, 0.5) is 5.69 Å². The van der Waals surface area contributed by atoms with Crippen molar-refractivity contribution in [2.75, 3.05) is 13.2 Å². The standard InChI is InChI=1S/C19H20N2O4/c1-2-20(13-14-6-5-7-15(12-14)21(23)24)19(22)17-10-11-25-18-9-4-3-8-16(17)18/h3-9,12,17H,2,10-11,13H2,1H3/t17-/m0/s1. The first kappa shape index (κ1) is 17.0. The van der Waals surface area contributed by atoms with E-state index in [1.165, 1.54) is 12.1 Å². The fourth-order valence-corrected chi connectivity index (χ4v) is 3.15. The lowest BCUT2D eigenvalue weighted by molar-refractivity contribution is -0.384. The van der Waals surface area contributed by atoms with Crippen molar-refractivity contribution in [3.05, 3.63) is 69.8 Å². The lowest BCUT2D eigenvalue weighted by Crippen LogP contribution is -2.36. The first-order valence-electron chi connectivity index (χ1n) is 8.34. The molecule has 0 unspecified atom stereocenters. The second-order valence-electron chi connectivity index (χ2n) is 6.01. The minimum atomic E-state index is -0.420. The number of para-hydroxylation sites is 1. The molecule has 0 fully saturated rings. The van der Waals surface area contributed by atoms with Crippen molar-refractivity contribution < 1.29 is 14.5 Å². The maximum absolute atomic E-state index is 13.1. The molecule has 0 saturated heterocycles. The Morgan fingerprint density at radius 1 is 1.28 bits per heavy atom. The van der Waals surface area contributed by atoms with E-state index in [4.69, 9.17) is 4.74 Å². The molecule has 0 bridgehead atoms. The first-order valence-corrected chi connectivity index (χ1v) is 8.34. The molecule has 25 heavy (non-hydrogen) atoms. The van der Waals surface area contributed by atoms with Crippen LogP contribution in [0.2, 0.25) is 0 Å². The highest BCUT2D eigenvalue weighted by atomic mass is 16.6. The Bertz CT molecular complexity index is 790. The molecular weight excluding hydrogens is 320 g/mol. The molecule has 0 radical (unpaired) electrons. The minimum absolute atomic E-state index is 0.0322. The van der Waals surface area contributed by atoms with Crippen molar-refractivity contribution in [1.82, 2.24) is 4.90 Å². The number of rotatable bonds is 5. The number of likely N-dealkylation sites (N-methyl/N-ethyl adjacent to an activating group) is 1. The van der Waals surface area contributed by atoms with Crippen molar-refractivity contribution in [3.8, 4) is 5.75 Å². The molecular formula is C19H20N2O4. The monoisotopic (exact) mass is 340 g/mol. The van der Waals surface area contributed by atoms with Crippen molar-refractivity contribution in [2.24, 2.45) is 0 Å². The quantitative estimate of drug-likeness (QED) is 0.617. The number of hydrogen-bond donors (Lipinski definition) is 0. The summed E-state index contributed by atoms with van der Waals surface area (Å²) in [4.78, 5) is 25.3. The van der Waals surface area contributed by atoms with E-state index in [-0.39, 0.29) is 17.5 Å². The summed E-state index contributed by atoms with van der Waals surface area (Å²) in [7, 11) is 0. The minimum Gasteiger partial charge on any atom is -0.493 e. The molecule has 2 aromatic carbocycles. The molecule has 0 aromatic heterocycles. The number of nitrogens with zero attached hydrogens (tertiary/aromatic N) is 2. The van der Waals surface area contributed by atoms with Gasteiger partial charge in [-0.15, -0.1) is 0 Å². The maximum Gasteiger partial charge on any atom is 0.269 e. The highest BCUT2D eigenvalue weighted by Gasteiger charge is 2.30. The van der Waals surface area contributed by atoms with Gasteiger partial charge in [0.2, 0.25) is 5.91 Å². The van der Waals surface area contributed by atoms with Gasteiger partial charge in [-0.1, -0.05) is 30.3 Å². The lowest BCUT2D eigenvalue weighted by atomic mass is 9.91. The van der Waals surface area contributed by atoms with Crippen molar-refractivity contribution in [2.45, 2.75) is 25.8 Å². The molecule has 1 amide bonds. The molecule has 130 valence electrons. The Labute approximate surface area is 146 Å². The van der Waals surface area contributed by atoms with Gasteiger partial charge in [-0.05, 0) is 25.0 Å². The fourth-order valence-electron chi connectivity index (χ4n) is 3.15. The van der Waals surface area contributed by atoms with E-state index in [9.17, 15) is 14.9 Å². The highest BCUT2D eigenvalue weighted by Crippen LogP contribution is 2.34. The maximum atomic E-state index is 13.1.